The first-order valence-electron chi connectivity index (χ1n) is 8.25. The van der Waals surface area contributed by atoms with Crippen molar-refractivity contribution in [3.63, 3.8) is 0 Å². The molecule has 1 aromatic rings. The molecule has 3 heteroatoms. The van der Waals surface area contributed by atoms with Gasteiger partial charge in [-0.1, -0.05) is 32.4 Å². The van der Waals surface area contributed by atoms with Gasteiger partial charge in [-0.2, -0.15) is 0 Å². The van der Waals surface area contributed by atoms with Gasteiger partial charge in [0.05, 0.1) is 13.2 Å². The van der Waals surface area contributed by atoms with Gasteiger partial charge in [-0.25, -0.2) is 0 Å². The molecule has 0 bridgehead atoms. The van der Waals surface area contributed by atoms with Gasteiger partial charge in [-0.05, 0) is 30.7 Å². The predicted molar refractivity (Wildman–Crippen MR) is 84.9 cm³/mol. The topological polar surface area (TPSA) is 30.5 Å². The van der Waals surface area contributed by atoms with E-state index in [9.17, 15) is 0 Å². The fraction of sp³-hybridized carbons (Fsp3) is 0.667. The van der Waals surface area contributed by atoms with Gasteiger partial charge in [0.15, 0.2) is 11.5 Å². The van der Waals surface area contributed by atoms with E-state index in [0.717, 1.165) is 37.7 Å². The van der Waals surface area contributed by atoms with Gasteiger partial charge in [0.2, 0.25) is 0 Å². The second-order valence-corrected chi connectivity index (χ2v) is 7.13. The van der Waals surface area contributed by atoms with Gasteiger partial charge >= 0.3 is 0 Å². The molecule has 2 aliphatic rings. The summed E-state index contributed by atoms with van der Waals surface area (Å²) in [6.07, 6.45) is 6.19. The molecule has 1 fully saturated rings. The number of fused-ring (bicyclic) bond motifs is 1. The third-order valence-electron chi connectivity index (χ3n) is 4.64. The molecule has 1 N–H and O–H groups in total. The van der Waals surface area contributed by atoms with Crippen LogP contribution in [0.5, 0.6) is 11.5 Å². The summed E-state index contributed by atoms with van der Waals surface area (Å²) in [5.41, 5.74) is 1.70. The minimum absolute atomic E-state index is 0.475. The highest BCUT2D eigenvalue weighted by Crippen LogP contribution is 2.36. The van der Waals surface area contributed by atoms with Gasteiger partial charge in [0.1, 0.15) is 0 Å². The lowest BCUT2D eigenvalue weighted by molar-refractivity contribution is 0.197. The van der Waals surface area contributed by atoms with E-state index >= 15 is 0 Å². The molecule has 3 rings (SSSR count). The maximum absolute atomic E-state index is 5.90. The number of rotatable bonds is 3. The first kappa shape index (κ1) is 14.7. The van der Waals surface area contributed by atoms with Crippen LogP contribution in [0.15, 0.2) is 18.2 Å². The van der Waals surface area contributed by atoms with Crippen molar-refractivity contribution < 1.29 is 9.47 Å². The maximum atomic E-state index is 5.90. The number of para-hydroxylation sites is 1. The summed E-state index contributed by atoms with van der Waals surface area (Å²) in [6, 6.07) is 6.84. The molecule has 1 atom stereocenters. The van der Waals surface area contributed by atoms with E-state index in [1.54, 1.807) is 0 Å². The first-order chi connectivity index (χ1) is 10.1. The Hall–Kier alpha value is -1.22. The summed E-state index contributed by atoms with van der Waals surface area (Å²) in [5.74, 6) is 1.84. The molecule has 0 spiro atoms. The Bertz CT molecular complexity index is 484. The Balaban J connectivity index is 1.65. The summed E-state index contributed by atoms with van der Waals surface area (Å²) in [5, 5.41) is 3.73. The number of benzene rings is 1. The van der Waals surface area contributed by atoms with Crippen molar-refractivity contribution >= 4 is 0 Å². The average Bonchev–Trinajstić information content (AvgIpc) is 2.69. The van der Waals surface area contributed by atoms with E-state index in [0.29, 0.717) is 11.5 Å². The van der Waals surface area contributed by atoms with Crippen LogP contribution >= 0.6 is 0 Å². The summed E-state index contributed by atoms with van der Waals surface area (Å²) < 4.78 is 11.7. The van der Waals surface area contributed by atoms with Crippen LogP contribution in [-0.4, -0.2) is 19.3 Å². The Morgan fingerprint density at radius 2 is 2.05 bits per heavy atom. The number of ether oxygens (including phenoxy) is 2. The second kappa shape index (κ2) is 6.27. The van der Waals surface area contributed by atoms with Crippen LogP contribution in [0.2, 0.25) is 0 Å². The molecular formula is C18H27NO2. The summed E-state index contributed by atoms with van der Waals surface area (Å²) in [4.78, 5) is 0. The molecule has 1 aromatic carbocycles. The maximum Gasteiger partial charge on any atom is 0.165 e. The SMILES string of the molecule is CC1(C)CCCC(NCc2cccc3c2OCCCO3)C1. The van der Waals surface area contributed by atoms with E-state index < -0.39 is 0 Å². The fourth-order valence-electron chi connectivity index (χ4n) is 3.52. The normalized spacial score (nSPS) is 24.4. The fourth-order valence-corrected chi connectivity index (χ4v) is 3.52. The molecule has 0 saturated heterocycles. The van der Waals surface area contributed by atoms with Crippen molar-refractivity contribution in [3.05, 3.63) is 23.8 Å². The molecule has 3 nitrogen and oxygen atoms in total. The van der Waals surface area contributed by atoms with E-state index in [-0.39, 0.29) is 0 Å². The van der Waals surface area contributed by atoms with Crippen LogP contribution in [-0.2, 0) is 6.54 Å². The third kappa shape index (κ3) is 3.70. The minimum atomic E-state index is 0.475. The highest BCUT2D eigenvalue weighted by atomic mass is 16.5. The zero-order valence-corrected chi connectivity index (χ0v) is 13.3. The Morgan fingerprint density at radius 1 is 1.19 bits per heavy atom. The highest BCUT2D eigenvalue weighted by molar-refractivity contribution is 5.47. The van der Waals surface area contributed by atoms with Gasteiger partial charge in [0, 0.05) is 24.6 Å². The highest BCUT2D eigenvalue weighted by Gasteiger charge is 2.27. The zero-order chi connectivity index (χ0) is 14.7. The van der Waals surface area contributed by atoms with E-state index in [1.807, 2.05) is 6.07 Å². The molecular weight excluding hydrogens is 262 g/mol. The Morgan fingerprint density at radius 3 is 2.90 bits per heavy atom. The van der Waals surface area contributed by atoms with Crippen LogP contribution in [0.1, 0.15) is 51.5 Å². The number of nitrogens with one attached hydrogen (secondary N) is 1. The van der Waals surface area contributed by atoms with Crippen molar-refractivity contribution in [1.29, 1.82) is 0 Å². The van der Waals surface area contributed by atoms with Gasteiger partial charge in [-0.15, -0.1) is 0 Å². The van der Waals surface area contributed by atoms with Crippen LogP contribution < -0.4 is 14.8 Å². The Kier molecular flexibility index (Phi) is 4.39. The lowest BCUT2D eigenvalue weighted by Gasteiger charge is -2.35. The molecule has 0 amide bonds. The summed E-state index contributed by atoms with van der Waals surface area (Å²) >= 11 is 0. The zero-order valence-electron chi connectivity index (χ0n) is 13.3. The minimum Gasteiger partial charge on any atom is -0.490 e. The lowest BCUT2D eigenvalue weighted by atomic mass is 9.75. The third-order valence-corrected chi connectivity index (χ3v) is 4.64. The molecule has 116 valence electrons. The second-order valence-electron chi connectivity index (χ2n) is 7.13. The largest absolute Gasteiger partial charge is 0.490 e. The standard InChI is InChI=1S/C18H27NO2/c1-18(2)9-4-7-15(12-18)19-13-14-6-3-8-16-17(14)21-11-5-10-20-16/h3,6,8,15,19H,4-5,7,9-13H2,1-2H3. The lowest BCUT2D eigenvalue weighted by Crippen LogP contribution is -2.36. The van der Waals surface area contributed by atoms with E-state index in [1.165, 1.54) is 31.2 Å². The van der Waals surface area contributed by atoms with Crippen molar-refractivity contribution in [1.82, 2.24) is 5.32 Å². The molecule has 1 aliphatic heterocycles. The van der Waals surface area contributed by atoms with Crippen LogP contribution in [0.25, 0.3) is 0 Å². The Labute approximate surface area is 128 Å². The molecule has 1 heterocycles. The summed E-state index contributed by atoms with van der Waals surface area (Å²) in [6.45, 7) is 7.13. The predicted octanol–water partition coefficient (Wildman–Crippen LogP) is 3.91. The average molecular weight is 289 g/mol. The van der Waals surface area contributed by atoms with E-state index in [4.69, 9.17) is 9.47 Å². The van der Waals surface area contributed by atoms with Crippen LogP contribution in [0, 0.1) is 5.41 Å². The van der Waals surface area contributed by atoms with Crippen LogP contribution in [0.4, 0.5) is 0 Å². The van der Waals surface area contributed by atoms with Crippen molar-refractivity contribution in [2.45, 2.75) is 58.5 Å². The quantitative estimate of drug-likeness (QED) is 0.915. The summed E-state index contributed by atoms with van der Waals surface area (Å²) in [7, 11) is 0. The van der Waals surface area contributed by atoms with Crippen molar-refractivity contribution in [2.75, 3.05) is 13.2 Å². The molecule has 0 aromatic heterocycles. The monoisotopic (exact) mass is 289 g/mol. The van der Waals surface area contributed by atoms with Gasteiger partial charge in [-0.3, -0.25) is 0 Å². The van der Waals surface area contributed by atoms with Crippen molar-refractivity contribution in [2.24, 2.45) is 5.41 Å². The first-order valence-corrected chi connectivity index (χ1v) is 8.25. The van der Waals surface area contributed by atoms with Crippen LogP contribution in [0.3, 0.4) is 0 Å². The number of hydrogen-bond acceptors (Lipinski definition) is 3. The molecule has 1 unspecified atom stereocenters. The molecule has 1 saturated carbocycles. The smallest absolute Gasteiger partial charge is 0.165 e. The van der Waals surface area contributed by atoms with Crippen molar-refractivity contribution in [3.8, 4) is 11.5 Å². The van der Waals surface area contributed by atoms with Gasteiger partial charge < -0.3 is 14.8 Å². The van der Waals surface area contributed by atoms with Gasteiger partial charge in [0.25, 0.3) is 0 Å². The number of hydrogen-bond donors (Lipinski definition) is 1. The van der Waals surface area contributed by atoms with E-state index in [2.05, 4.69) is 31.3 Å². The molecule has 21 heavy (non-hydrogen) atoms. The molecule has 1 aliphatic carbocycles. The molecule has 0 radical (unpaired) electrons.